The molecule has 0 aliphatic rings. The monoisotopic (exact) mass is 388 g/mol. The maximum absolute atomic E-state index is 10.2. The van der Waals surface area contributed by atoms with E-state index in [1.807, 2.05) is 36.4 Å². The molecule has 0 aliphatic heterocycles. The lowest BCUT2D eigenvalue weighted by Crippen LogP contribution is -2.02. The van der Waals surface area contributed by atoms with E-state index >= 15 is 0 Å². The van der Waals surface area contributed by atoms with Crippen LogP contribution in [0.3, 0.4) is 0 Å². The molecule has 18 heavy (non-hydrogen) atoms. The number of aliphatic hydroxyl groups excluding tert-OH is 1. The Morgan fingerprint density at radius 1 is 1.06 bits per heavy atom. The number of hydrogen-bond acceptors (Lipinski definition) is 1. The van der Waals surface area contributed by atoms with E-state index in [-0.39, 0.29) is 0 Å². The molecule has 0 fully saturated rings. The van der Waals surface area contributed by atoms with E-state index in [1.165, 1.54) is 0 Å². The molecule has 0 aliphatic carbocycles. The number of aliphatic hydroxyl groups is 1. The maximum Gasteiger partial charge on any atom is 0.0831 e. The van der Waals surface area contributed by atoms with Gasteiger partial charge in [0.2, 0.25) is 0 Å². The molecule has 0 saturated heterocycles. The predicted molar refractivity (Wildman–Crippen MR) is 82.0 cm³/mol. The van der Waals surface area contributed by atoms with Crippen molar-refractivity contribution in [3.63, 3.8) is 0 Å². The first-order valence-electron chi connectivity index (χ1n) is 5.44. The minimum Gasteiger partial charge on any atom is -0.388 e. The van der Waals surface area contributed by atoms with Crippen LogP contribution >= 0.6 is 43.5 Å². The lowest BCUT2D eigenvalue weighted by atomic mass is 10.0. The molecular weight excluding hydrogens is 379 g/mol. The molecule has 0 amide bonds. The Kier molecular flexibility index (Phi) is 4.84. The van der Waals surface area contributed by atoms with Gasteiger partial charge < -0.3 is 5.11 Å². The molecule has 1 nitrogen and oxygen atoms in total. The maximum atomic E-state index is 10.2. The number of hydrogen-bond donors (Lipinski definition) is 1. The van der Waals surface area contributed by atoms with Crippen LogP contribution in [0.25, 0.3) is 0 Å². The molecule has 0 heterocycles. The Bertz CT molecular complexity index is 557. The van der Waals surface area contributed by atoms with Gasteiger partial charge in [-0.3, -0.25) is 0 Å². The Hall–Kier alpha value is -0.350. The summed E-state index contributed by atoms with van der Waals surface area (Å²) in [5, 5.41) is 10.9. The Labute approximate surface area is 128 Å². The fourth-order valence-corrected chi connectivity index (χ4v) is 2.67. The number of benzene rings is 2. The zero-order valence-corrected chi connectivity index (χ0v) is 13.3. The molecule has 4 heteroatoms. The quantitative estimate of drug-likeness (QED) is 0.769. The van der Waals surface area contributed by atoms with Gasteiger partial charge in [-0.25, -0.2) is 0 Å². The van der Waals surface area contributed by atoms with Crippen LogP contribution in [-0.2, 0) is 6.42 Å². The van der Waals surface area contributed by atoms with Gasteiger partial charge in [0.1, 0.15) is 0 Å². The van der Waals surface area contributed by atoms with E-state index in [0.29, 0.717) is 11.4 Å². The minimum absolute atomic E-state index is 0.544. The molecule has 1 N–H and O–H groups in total. The fraction of sp³-hybridized carbons (Fsp3) is 0.143. The average molecular weight is 391 g/mol. The van der Waals surface area contributed by atoms with Crippen LogP contribution in [-0.4, -0.2) is 5.11 Å². The summed E-state index contributed by atoms with van der Waals surface area (Å²) in [4.78, 5) is 0. The lowest BCUT2D eigenvalue weighted by molar-refractivity contribution is 0.178. The molecule has 0 bridgehead atoms. The van der Waals surface area contributed by atoms with Crippen molar-refractivity contribution in [1.29, 1.82) is 0 Å². The number of rotatable bonds is 3. The summed E-state index contributed by atoms with van der Waals surface area (Å²) in [6.45, 7) is 0. The zero-order valence-electron chi connectivity index (χ0n) is 9.41. The smallest absolute Gasteiger partial charge is 0.0831 e. The van der Waals surface area contributed by atoms with Gasteiger partial charge in [0.15, 0.2) is 0 Å². The van der Waals surface area contributed by atoms with Gasteiger partial charge in [-0.2, -0.15) is 0 Å². The SMILES string of the molecule is OC(Cc1ccccc1Br)c1ccc(Cl)c(Br)c1. The normalized spacial score (nSPS) is 12.4. The first kappa shape index (κ1) is 14.1. The second-order valence-corrected chi connectivity index (χ2v) is 6.10. The van der Waals surface area contributed by atoms with E-state index < -0.39 is 6.10 Å². The molecule has 1 unspecified atom stereocenters. The highest BCUT2D eigenvalue weighted by atomic mass is 79.9. The van der Waals surface area contributed by atoms with Crippen LogP contribution < -0.4 is 0 Å². The van der Waals surface area contributed by atoms with Crippen molar-refractivity contribution in [2.24, 2.45) is 0 Å². The second kappa shape index (κ2) is 6.20. The first-order valence-corrected chi connectivity index (χ1v) is 7.40. The van der Waals surface area contributed by atoms with E-state index in [2.05, 4.69) is 31.9 Å². The summed E-state index contributed by atoms with van der Waals surface area (Å²) < 4.78 is 1.81. The van der Waals surface area contributed by atoms with Gasteiger partial charge in [-0.1, -0.05) is 51.8 Å². The van der Waals surface area contributed by atoms with Gasteiger partial charge in [0.25, 0.3) is 0 Å². The first-order chi connectivity index (χ1) is 8.58. The minimum atomic E-state index is -0.544. The van der Waals surface area contributed by atoms with Crippen molar-refractivity contribution in [2.75, 3.05) is 0 Å². The predicted octanol–water partition coefficient (Wildman–Crippen LogP) is 5.14. The van der Waals surface area contributed by atoms with Crippen LogP contribution in [0, 0.1) is 0 Å². The number of halogens is 3. The molecular formula is C14H11Br2ClO. The topological polar surface area (TPSA) is 20.2 Å². The van der Waals surface area contributed by atoms with Crippen LogP contribution in [0.1, 0.15) is 17.2 Å². The van der Waals surface area contributed by atoms with E-state index in [0.717, 1.165) is 20.1 Å². The summed E-state index contributed by atoms with van der Waals surface area (Å²) in [5.41, 5.74) is 1.93. The molecule has 2 rings (SSSR count). The Morgan fingerprint density at radius 2 is 1.78 bits per heavy atom. The molecule has 2 aromatic rings. The van der Waals surface area contributed by atoms with Crippen molar-refractivity contribution >= 4 is 43.5 Å². The third-order valence-electron chi connectivity index (χ3n) is 2.70. The van der Waals surface area contributed by atoms with Crippen LogP contribution in [0.15, 0.2) is 51.4 Å². The molecule has 0 radical (unpaired) electrons. The molecule has 0 spiro atoms. The van der Waals surface area contributed by atoms with Gasteiger partial charge in [-0.05, 0) is 45.3 Å². The third-order valence-corrected chi connectivity index (χ3v) is 4.69. The Morgan fingerprint density at radius 3 is 2.44 bits per heavy atom. The fourth-order valence-electron chi connectivity index (χ4n) is 1.71. The van der Waals surface area contributed by atoms with Gasteiger partial charge >= 0.3 is 0 Å². The van der Waals surface area contributed by atoms with Crippen molar-refractivity contribution in [3.05, 3.63) is 67.6 Å². The van der Waals surface area contributed by atoms with Crippen LogP contribution in [0.4, 0.5) is 0 Å². The molecule has 1 atom stereocenters. The Balaban J connectivity index is 2.19. The van der Waals surface area contributed by atoms with Crippen molar-refractivity contribution in [1.82, 2.24) is 0 Å². The zero-order chi connectivity index (χ0) is 13.1. The highest BCUT2D eigenvalue weighted by Gasteiger charge is 2.11. The van der Waals surface area contributed by atoms with Crippen molar-refractivity contribution < 1.29 is 5.11 Å². The molecule has 0 aromatic heterocycles. The van der Waals surface area contributed by atoms with Crippen molar-refractivity contribution in [3.8, 4) is 0 Å². The van der Waals surface area contributed by atoms with Gasteiger partial charge in [0, 0.05) is 15.4 Å². The summed E-state index contributed by atoms with van der Waals surface area (Å²) >= 11 is 12.8. The lowest BCUT2D eigenvalue weighted by Gasteiger charge is -2.13. The van der Waals surface area contributed by atoms with Crippen LogP contribution in [0.5, 0.6) is 0 Å². The van der Waals surface area contributed by atoms with Crippen LogP contribution in [0.2, 0.25) is 5.02 Å². The second-order valence-electron chi connectivity index (χ2n) is 3.98. The molecule has 0 saturated carbocycles. The van der Waals surface area contributed by atoms with E-state index in [1.54, 1.807) is 6.07 Å². The summed E-state index contributed by atoms with van der Waals surface area (Å²) in [6, 6.07) is 13.4. The van der Waals surface area contributed by atoms with Crippen molar-refractivity contribution in [2.45, 2.75) is 12.5 Å². The van der Waals surface area contributed by atoms with E-state index in [9.17, 15) is 5.11 Å². The van der Waals surface area contributed by atoms with Gasteiger partial charge in [0.05, 0.1) is 11.1 Å². The highest BCUT2D eigenvalue weighted by Crippen LogP contribution is 2.28. The molecule has 94 valence electrons. The average Bonchev–Trinajstić information content (AvgIpc) is 2.35. The summed E-state index contributed by atoms with van der Waals surface area (Å²) in [6.07, 6.45) is 0.0208. The highest BCUT2D eigenvalue weighted by molar-refractivity contribution is 9.10. The molecule has 2 aromatic carbocycles. The third kappa shape index (κ3) is 3.35. The summed E-state index contributed by atoms with van der Waals surface area (Å²) in [7, 11) is 0. The van der Waals surface area contributed by atoms with Gasteiger partial charge in [-0.15, -0.1) is 0 Å². The largest absolute Gasteiger partial charge is 0.388 e. The summed E-state index contributed by atoms with van der Waals surface area (Å²) in [5.74, 6) is 0. The van der Waals surface area contributed by atoms with E-state index in [4.69, 9.17) is 11.6 Å². The standard InChI is InChI=1S/C14H11Br2ClO/c15-11-4-2-1-3-9(11)8-14(18)10-5-6-13(17)12(16)7-10/h1-7,14,18H,8H2.